The molecule has 3 rings (SSSR count). The molecule has 1 heterocycles. The number of anilines is 1. The van der Waals surface area contributed by atoms with Gasteiger partial charge in [-0.1, -0.05) is 12.1 Å². The van der Waals surface area contributed by atoms with Gasteiger partial charge in [0.2, 0.25) is 11.8 Å². The Morgan fingerprint density at radius 1 is 1.19 bits per heavy atom. The molecule has 6 heteroatoms. The summed E-state index contributed by atoms with van der Waals surface area (Å²) >= 11 is 0. The number of nitrogens with one attached hydrogen (secondary N) is 2. The molecule has 1 aliphatic carbocycles. The number of rotatable bonds is 4. The fourth-order valence-corrected chi connectivity index (χ4v) is 4.34. The molecule has 0 bridgehead atoms. The number of aliphatic hydroxyl groups is 1. The van der Waals surface area contributed by atoms with Crippen molar-refractivity contribution in [3.05, 3.63) is 29.3 Å². The Morgan fingerprint density at radius 2 is 1.88 bits per heavy atom. The first-order valence-electron chi connectivity index (χ1n) is 9.36. The van der Waals surface area contributed by atoms with Crippen LogP contribution in [-0.4, -0.2) is 53.6 Å². The normalized spacial score (nSPS) is 28.5. The maximum absolute atomic E-state index is 12.5. The van der Waals surface area contributed by atoms with Gasteiger partial charge < -0.3 is 15.7 Å². The third-order valence-corrected chi connectivity index (χ3v) is 5.64. The zero-order valence-corrected chi connectivity index (χ0v) is 15.8. The molecule has 3 N–H and O–H groups in total. The van der Waals surface area contributed by atoms with Crippen LogP contribution < -0.4 is 10.6 Å². The molecule has 1 aromatic rings. The Morgan fingerprint density at radius 3 is 2.58 bits per heavy atom. The van der Waals surface area contributed by atoms with Gasteiger partial charge in [0.1, 0.15) is 0 Å². The summed E-state index contributed by atoms with van der Waals surface area (Å²) in [5.74, 6) is 0.707. The Labute approximate surface area is 155 Å². The Kier molecular flexibility index (Phi) is 5.63. The lowest BCUT2D eigenvalue weighted by atomic mass is 9.77. The van der Waals surface area contributed by atoms with Crippen molar-refractivity contribution < 1.29 is 14.7 Å². The molecule has 142 valence electrons. The van der Waals surface area contributed by atoms with Crippen LogP contribution >= 0.6 is 0 Å². The summed E-state index contributed by atoms with van der Waals surface area (Å²) in [6.07, 6.45) is 0.967. The number of aryl methyl sites for hydroxylation is 2. The lowest BCUT2D eigenvalue weighted by Gasteiger charge is -2.35. The maximum Gasteiger partial charge on any atom is 0.238 e. The number of aliphatic hydroxyl groups excluding tert-OH is 1. The van der Waals surface area contributed by atoms with E-state index in [4.69, 9.17) is 0 Å². The molecule has 0 spiro atoms. The third-order valence-electron chi connectivity index (χ3n) is 5.64. The highest BCUT2D eigenvalue weighted by Crippen LogP contribution is 2.36. The lowest BCUT2D eigenvalue weighted by molar-refractivity contribution is -0.121. The van der Waals surface area contributed by atoms with Gasteiger partial charge in [0, 0.05) is 25.7 Å². The van der Waals surface area contributed by atoms with Crippen molar-refractivity contribution in [2.75, 3.05) is 25.0 Å². The number of likely N-dealkylation sites (tertiary alicyclic amines) is 1. The van der Waals surface area contributed by atoms with Crippen LogP contribution in [0.25, 0.3) is 0 Å². The monoisotopic (exact) mass is 359 g/mol. The summed E-state index contributed by atoms with van der Waals surface area (Å²) in [4.78, 5) is 25.9. The van der Waals surface area contributed by atoms with Gasteiger partial charge in [-0.15, -0.1) is 0 Å². The molecule has 1 saturated carbocycles. The number of benzene rings is 1. The Bertz CT molecular complexity index is 691. The van der Waals surface area contributed by atoms with Gasteiger partial charge in [-0.05, 0) is 55.7 Å². The molecule has 6 nitrogen and oxygen atoms in total. The molecule has 4 atom stereocenters. The van der Waals surface area contributed by atoms with Gasteiger partial charge in [-0.3, -0.25) is 14.5 Å². The van der Waals surface area contributed by atoms with Crippen molar-refractivity contribution in [3.8, 4) is 0 Å². The molecule has 1 saturated heterocycles. The molecular weight excluding hydrogens is 330 g/mol. The summed E-state index contributed by atoms with van der Waals surface area (Å²) in [7, 11) is 0. The summed E-state index contributed by atoms with van der Waals surface area (Å²) in [5, 5.41) is 16.1. The average Bonchev–Trinajstić information content (AvgIpc) is 2.91. The van der Waals surface area contributed by atoms with E-state index in [0.717, 1.165) is 36.3 Å². The highest BCUT2D eigenvalue weighted by atomic mass is 16.3. The minimum Gasteiger partial charge on any atom is -0.391 e. The zero-order valence-electron chi connectivity index (χ0n) is 15.8. The van der Waals surface area contributed by atoms with Crippen LogP contribution in [0.4, 0.5) is 5.69 Å². The lowest BCUT2D eigenvalue weighted by Crippen LogP contribution is -2.48. The standard InChI is InChI=1S/C20H29N3O3/c1-12-4-5-13(2)17(6-12)22-20(26)11-23-9-15-7-18(21-14(3)24)19(25)8-16(15)10-23/h4-6,15-16,18-19,25H,7-11H2,1-3H3,(H,21,24)(H,22,26)/t15-,16+,18-,19-/m1/s1. The van der Waals surface area contributed by atoms with Crippen molar-refractivity contribution in [1.29, 1.82) is 0 Å². The topological polar surface area (TPSA) is 81.7 Å². The van der Waals surface area contributed by atoms with E-state index in [1.54, 1.807) is 0 Å². The largest absolute Gasteiger partial charge is 0.391 e. The highest BCUT2D eigenvalue weighted by molar-refractivity contribution is 5.93. The summed E-state index contributed by atoms with van der Waals surface area (Å²) in [6.45, 7) is 7.52. The second-order valence-corrected chi connectivity index (χ2v) is 7.93. The molecule has 0 radical (unpaired) electrons. The second-order valence-electron chi connectivity index (χ2n) is 7.93. The first-order chi connectivity index (χ1) is 12.3. The van der Waals surface area contributed by atoms with Gasteiger partial charge in [-0.25, -0.2) is 0 Å². The van der Waals surface area contributed by atoms with Crippen LogP contribution in [0.15, 0.2) is 18.2 Å². The number of nitrogens with zero attached hydrogens (tertiary/aromatic N) is 1. The van der Waals surface area contributed by atoms with E-state index in [0.29, 0.717) is 24.8 Å². The average molecular weight is 359 g/mol. The van der Waals surface area contributed by atoms with Gasteiger partial charge in [0.05, 0.1) is 18.7 Å². The maximum atomic E-state index is 12.5. The van der Waals surface area contributed by atoms with Gasteiger partial charge in [0.15, 0.2) is 0 Å². The molecular formula is C20H29N3O3. The van der Waals surface area contributed by atoms with Crippen LogP contribution in [0.2, 0.25) is 0 Å². The van der Waals surface area contributed by atoms with Crippen LogP contribution in [-0.2, 0) is 9.59 Å². The first-order valence-corrected chi connectivity index (χ1v) is 9.36. The minimum atomic E-state index is -0.496. The van der Waals surface area contributed by atoms with Gasteiger partial charge >= 0.3 is 0 Å². The SMILES string of the molecule is CC(=O)N[C@@H]1C[C@@H]2CN(CC(=O)Nc3cc(C)ccc3C)C[C@@H]2C[C@H]1O. The smallest absolute Gasteiger partial charge is 0.238 e. The third kappa shape index (κ3) is 4.43. The first kappa shape index (κ1) is 18.9. The molecule has 0 unspecified atom stereocenters. The minimum absolute atomic E-state index is 0.00342. The second kappa shape index (κ2) is 7.76. The van der Waals surface area contributed by atoms with Crippen molar-refractivity contribution in [2.24, 2.45) is 11.8 Å². The Balaban J connectivity index is 1.55. The molecule has 26 heavy (non-hydrogen) atoms. The number of carbonyl (C=O) groups is 2. The molecule has 0 aromatic heterocycles. The van der Waals surface area contributed by atoms with Crippen molar-refractivity contribution in [3.63, 3.8) is 0 Å². The molecule has 2 aliphatic rings. The highest BCUT2D eigenvalue weighted by Gasteiger charge is 2.42. The molecule has 1 aliphatic heterocycles. The van der Waals surface area contributed by atoms with E-state index in [9.17, 15) is 14.7 Å². The summed E-state index contributed by atoms with van der Waals surface area (Å²) in [6, 6.07) is 5.87. The van der Waals surface area contributed by atoms with Crippen LogP contribution in [0.1, 0.15) is 30.9 Å². The number of fused-ring (bicyclic) bond motifs is 1. The van der Waals surface area contributed by atoms with Crippen LogP contribution in [0.5, 0.6) is 0 Å². The van der Waals surface area contributed by atoms with E-state index in [2.05, 4.69) is 15.5 Å². The van der Waals surface area contributed by atoms with E-state index in [-0.39, 0.29) is 17.9 Å². The molecule has 2 amide bonds. The molecule has 2 fully saturated rings. The summed E-state index contributed by atoms with van der Waals surface area (Å²) in [5.41, 5.74) is 3.05. The number of hydrogen-bond donors (Lipinski definition) is 3. The quantitative estimate of drug-likeness (QED) is 0.760. The van der Waals surface area contributed by atoms with E-state index < -0.39 is 6.10 Å². The Hall–Kier alpha value is -1.92. The number of carbonyl (C=O) groups excluding carboxylic acids is 2. The number of amides is 2. The van der Waals surface area contributed by atoms with Gasteiger partial charge in [0.25, 0.3) is 0 Å². The predicted octanol–water partition coefficient (Wildman–Crippen LogP) is 1.45. The van der Waals surface area contributed by atoms with Crippen LogP contribution in [0, 0.1) is 25.7 Å². The van der Waals surface area contributed by atoms with E-state index in [1.165, 1.54) is 6.92 Å². The number of hydrogen-bond acceptors (Lipinski definition) is 4. The fourth-order valence-electron chi connectivity index (χ4n) is 4.34. The summed E-state index contributed by atoms with van der Waals surface area (Å²) < 4.78 is 0. The van der Waals surface area contributed by atoms with E-state index in [1.807, 2.05) is 32.0 Å². The van der Waals surface area contributed by atoms with E-state index >= 15 is 0 Å². The van der Waals surface area contributed by atoms with Crippen molar-refractivity contribution >= 4 is 17.5 Å². The van der Waals surface area contributed by atoms with Crippen LogP contribution in [0.3, 0.4) is 0 Å². The van der Waals surface area contributed by atoms with Gasteiger partial charge in [-0.2, -0.15) is 0 Å². The fraction of sp³-hybridized carbons (Fsp3) is 0.600. The van der Waals surface area contributed by atoms with Crippen molar-refractivity contribution in [1.82, 2.24) is 10.2 Å². The van der Waals surface area contributed by atoms with Crippen molar-refractivity contribution in [2.45, 2.75) is 45.8 Å². The molecule has 1 aromatic carbocycles. The zero-order chi connectivity index (χ0) is 18.8. The predicted molar refractivity (Wildman–Crippen MR) is 101 cm³/mol.